The van der Waals surface area contributed by atoms with Gasteiger partial charge in [0.2, 0.25) is 0 Å². The van der Waals surface area contributed by atoms with E-state index in [2.05, 4.69) is 6.92 Å². The molecular weight excluding hydrogens is 482 g/mol. The molecule has 0 aromatic heterocycles. The number of hydrogen-bond donors (Lipinski definition) is 0. The van der Waals surface area contributed by atoms with Gasteiger partial charge in [-0.05, 0) is 49.0 Å². The van der Waals surface area contributed by atoms with Gasteiger partial charge in [0.15, 0.2) is 17.9 Å². The van der Waals surface area contributed by atoms with Crippen molar-refractivity contribution >= 4 is 5.57 Å². The van der Waals surface area contributed by atoms with Gasteiger partial charge in [0.05, 0.1) is 18.8 Å². The second kappa shape index (κ2) is 11.4. The quantitative estimate of drug-likeness (QED) is 0.273. The van der Waals surface area contributed by atoms with Crippen molar-refractivity contribution in [1.29, 1.82) is 0 Å². The molecule has 36 heavy (non-hydrogen) atoms. The molecule has 0 spiro atoms. The molecule has 1 saturated heterocycles. The molecule has 2 aliphatic rings. The highest BCUT2D eigenvalue weighted by Gasteiger charge is 2.36. The third kappa shape index (κ3) is 5.97. The van der Waals surface area contributed by atoms with Gasteiger partial charge in [-0.2, -0.15) is 13.2 Å². The van der Waals surface area contributed by atoms with Crippen LogP contribution >= 0.6 is 0 Å². The molecule has 1 fully saturated rings. The number of halogens is 6. The Balaban J connectivity index is 1.40. The van der Waals surface area contributed by atoms with E-state index < -0.39 is 34.8 Å². The fourth-order valence-electron chi connectivity index (χ4n) is 4.95. The van der Waals surface area contributed by atoms with Crippen LogP contribution in [0.3, 0.4) is 0 Å². The Bertz CT molecular complexity index is 1090. The van der Waals surface area contributed by atoms with Gasteiger partial charge in [0.1, 0.15) is 5.82 Å². The van der Waals surface area contributed by atoms with Gasteiger partial charge in [0, 0.05) is 23.0 Å². The van der Waals surface area contributed by atoms with Crippen LogP contribution in [0.15, 0.2) is 36.4 Å². The second-order valence-electron chi connectivity index (χ2n) is 9.64. The van der Waals surface area contributed by atoms with Gasteiger partial charge in [-0.3, -0.25) is 0 Å². The maximum absolute atomic E-state index is 14.9. The fourth-order valence-corrected chi connectivity index (χ4v) is 4.95. The summed E-state index contributed by atoms with van der Waals surface area (Å²) in [5.74, 6) is -3.95. The van der Waals surface area contributed by atoms with Crippen LogP contribution < -0.4 is 0 Å². The van der Waals surface area contributed by atoms with Crippen LogP contribution in [-0.2, 0) is 15.7 Å². The molecule has 2 aromatic carbocycles. The lowest BCUT2D eigenvalue weighted by atomic mass is 9.85. The van der Waals surface area contributed by atoms with Crippen molar-refractivity contribution in [2.75, 3.05) is 13.2 Å². The molecule has 1 aliphatic carbocycles. The van der Waals surface area contributed by atoms with Crippen LogP contribution in [0.1, 0.15) is 63.0 Å². The van der Waals surface area contributed by atoms with Gasteiger partial charge >= 0.3 is 6.18 Å². The van der Waals surface area contributed by atoms with Crippen LogP contribution in [0.2, 0.25) is 0 Å². The summed E-state index contributed by atoms with van der Waals surface area (Å²) in [6.45, 7) is 3.59. The monoisotopic (exact) mass is 512 g/mol. The van der Waals surface area contributed by atoms with Crippen molar-refractivity contribution in [3.05, 3.63) is 65.0 Å². The summed E-state index contributed by atoms with van der Waals surface area (Å²) in [5, 5.41) is 0. The number of benzene rings is 2. The second-order valence-corrected chi connectivity index (χ2v) is 9.64. The lowest BCUT2D eigenvalue weighted by molar-refractivity contribution is -0.225. The Morgan fingerprint density at radius 2 is 1.64 bits per heavy atom. The van der Waals surface area contributed by atoms with Crippen LogP contribution in [0.4, 0.5) is 26.3 Å². The fraction of sp³-hybridized carbons (Fsp3) is 0.500. The van der Waals surface area contributed by atoms with E-state index in [0.29, 0.717) is 43.6 Å². The van der Waals surface area contributed by atoms with Gasteiger partial charge in [0.25, 0.3) is 0 Å². The first kappa shape index (κ1) is 26.7. The van der Waals surface area contributed by atoms with Crippen LogP contribution in [-0.4, -0.2) is 19.5 Å². The van der Waals surface area contributed by atoms with Crippen molar-refractivity contribution in [3.63, 3.8) is 0 Å². The molecule has 8 heteroatoms. The highest BCUT2D eigenvalue weighted by molar-refractivity contribution is 5.72. The SMILES string of the molecule is CCCCCC1COC(C2CC=C(c3ccc(-c4ccc(C(F)(F)F)c(F)c4F)c(F)c3)CC2)OC1. The predicted octanol–water partition coefficient (Wildman–Crippen LogP) is 8.54. The van der Waals surface area contributed by atoms with E-state index in [4.69, 9.17) is 9.47 Å². The zero-order chi connectivity index (χ0) is 25.9. The Hall–Kier alpha value is -2.32. The summed E-state index contributed by atoms with van der Waals surface area (Å²) in [6, 6.07) is 5.24. The molecule has 0 radical (unpaired) electrons. The molecule has 2 nitrogen and oxygen atoms in total. The molecule has 196 valence electrons. The number of alkyl halides is 3. The van der Waals surface area contributed by atoms with Gasteiger partial charge in [-0.15, -0.1) is 0 Å². The van der Waals surface area contributed by atoms with Crippen molar-refractivity contribution in [1.82, 2.24) is 0 Å². The minimum Gasteiger partial charge on any atom is -0.352 e. The molecular formula is C28H30F6O2. The van der Waals surface area contributed by atoms with Gasteiger partial charge in [-0.25, -0.2) is 13.2 Å². The van der Waals surface area contributed by atoms with Crippen LogP contribution in [0.5, 0.6) is 0 Å². The zero-order valence-electron chi connectivity index (χ0n) is 20.1. The number of allylic oxidation sites excluding steroid dienone is 2. The van der Waals surface area contributed by atoms with Gasteiger partial charge < -0.3 is 9.47 Å². The average molecular weight is 513 g/mol. The van der Waals surface area contributed by atoms with E-state index >= 15 is 0 Å². The van der Waals surface area contributed by atoms with Crippen molar-refractivity contribution in [2.24, 2.45) is 11.8 Å². The number of unbranched alkanes of at least 4 members (excludes halogenated alkanes) is 2. The van der Waals surface area contributed by atoms with E-state index in [1.54, 1.807) is 6.07 Å². The van der Waals surface area contributed by atoms with E-state index in [0.717, 1.165) is 24.5 Å². The molecule has 1 atom stereocenters. The smallest absolute Gasteiger partial charge is 0.352 e. The summed E-state index contributed by atoms with van der Waals surface area (Å²) in [6.07, 6.45) is 3.62. The van der Waals surface area contributed by atoms with E-state index in [9.17, 15) is 26.3 Å². The molecule has 2 aromatic rings. The average Bonchev–Trinajstić information content (AvgIpc) is 2.86. The minimum absolute atomic E-state index is 0.207. The summed E-state index contributed by atoms with van der Waals surface area (Å²) >= 11 is 0. The molecule has 1 aliphatic heterocycles. The van der Waals surface area contributed by atoms with Crippen molar-refractivity contribution < 1.29 is 35.8 Å². The first-order valence-corrected chi connectivity index (χ1v) is 12.5. The molecule has 4 rings (SSSR count). The molecule has 1 unspecified atom stereocenters. The zero-order valence-corrected chi connectivity index (χ0v) is 20.1. The normalized spacial score (nSPS) is 23.0. The molecule has 0 N–H and O–H groups in total. The summed E-state index contributed by atoms with van der Waals surface area (Å²) in [5.41, 5.74) is -1.05. The maximum atomic E-state index is 14.9. The van der Waals surface area contributed by atoms with Gasteiger partial charge in [-0.1, -0.05) is 50.5 Å². The lowest BCUT2D eigenvalue weighted by Crippen LogP contribution is -2.37. The van der Waals surface area contributed by atoms with E-state index in [1.807, 2.05) is 6.08 Å². The van der Waals surface area contributed by atoms with E-state index in [-0.39, 0.29) is 17.8 Å². The number of hydrogen-bond acceptors (Lipinski definition) is 2. The van der Waals surface area contributed by atoms with Crippen LogP contribution in [0.25, 0.3) is 16.7 Å². The van der Waals surface area contributed by atoms with Crippen molar-refractivity contribution in [3.8, 4) is 11.1 Å². The topological polar surface area (TPSA) is 18.5 Å². The summed E-state index contributed by atoms with van der Waals surface area (Å²) < 4.78 is 93.6. The molecule has 0 bridgehead atoms. The Kier molecular flexibility index (Phi) is 8.45. The summed E-state index contributed by atoms with van der Waals surface area (Å²) in [7, 11) is 0. The Labute approximate surface area is 207 Å². The minimum atomic E-state index is -5.04. The highest BCUT2D eigenvalue weighted by atomic mass is 19.4. The first-order chi connectivity index (χ1) is 17.2. The highest BCUT2D eigenvalue weighted by Crippen LogP contribution is 2.38. The van der Waals surface area contributed by atoms with E-state index in [1.165, 1.54) is 31.4 Å². The summed E-state index contributed by atoms with van der Waals surface area (Å²) in [4.78, 5) is 0. The van der Waals surface area contributed by atoms with Crippen LogP contribution in [0, 0.1) is 29.3 Å². The Morgan fingerprint density at radius 1 is 0.917 bits per heavy atom. The van der Waals surface area contributed by atoms with Crippen molar-refractivity contribution in [2.45, 2.75) is 64.3 Å². The number of rotatable bonds is 7. The molecule has 1 heterocycles. The first-order valence-electron chi connectivity index (χ1n) is 12.5. The standard InChI is InChI=1S/C28H30F6O2/c1-2-3-4-5-17-15-35-27(36-16-17)19-8-6-18(7-9-19)20-10-11-21(24(29)14-20)22-12-13-23(28(32,33)34)26(31)25(22)30/h6,10-14,17,19,27H,2-5,7-9,15-16H2,1H3. The molecule has 0 amide bonds. The molecule has 0 saturated carbocycles. The largest absolute Gasteiger partial charge is 0.419 e. The lowest BCUT2D eigenvalue weighted by Gasteiger charge is -2.35. The Morgan fingerprint density at radius 3 is 2.25 bits per heavy atom. The maximum Gasteiger partial charge on any atom is 0.419 e. The predicted molar refractivity (Wildman–Crippen MR) is 125 cm³/mol. The third-order valence-electron chi connectivity index (χ3n) is 7.06. The number of ether oxygens (including phenoxy) is 2. The third-order valence-corrected chi connectivity index (χ3v) is 7.06.